The Morgan fingerprint density at radius 3 is 2.44 bits per heavy atom. The molecule has 9 nitrogen and oxygen atoms in total. The summed E-state index contributed by atoms with van der Waals surface area (Å²) in [6, 6.07) is 11.4. The van der Waals surface area contributed by atoms with Gasteiger partial charge in [0, 0.05) is 36.7 Å². The molecule has 12 heteroatoms. The van der Waals surface area contributed by atoms with Crippen molar-refractivity contribution in [2.24, 2.45) is 0 Å². The van der Waals surface area contributed by atoms with E-state index in [-0.39, 0.29) is 11.5 Å². The fraction of sp³-hybridized carbons (Fsp3) is 0.250. The highest BCUT2D eigenvalue weighted by molar-refractivity contribution is 5.99. The largest absolute Gasteiger partial charge is 0.406 e. The van der Waals surface area contributed by atoms with Gasteiger partial charge in [-0.1, -0.05) is 0 Å². The van der Waals surface area contributed by atoms with Gasteiger partial charge >= 0.3 is 12.2 Å². The van der Waals surface area contributed by atoms with E-state index in [0.29, 0.717) is 54.4 Å². The topological polar surface area (TPSA) is 97.2 Å². The molecule has 2 amide bonds. The highest BCUT2D eigenvalue weighted by atomic mass is 19.4. The molecule has 36 heavy (non-hydrogen) atoms. The monoisotopic (exact) mass is 497 g/mol. The van der Waals surface area contributed by atoms with Crippen LogP contribution in [0, 0.1) is 0 Å². The molecule has 4 aromatic rings. The van der Waals surface area contributed by atoms with Crippen molar-refractivity contribution < 1.29 is 22.7 Å². The van der Waals surface area contributed by atoms with E-state index in [1.165, 1.54) is 12.4 Å². The summed E-state index contributed by atoms with van der Waals surface area (Å²) in [5.74, 6) is 0.856. The third-order valence-electron chi connectivity index (χ3n) is 5.58. The molecule has 1 saturated heterocycles. The normalized spacial score (nSPS) is 14.1. The maximum Gasteiger partial charge on any atom is 0.406 e. The van der Waals surface area contributed by atoms with Gasteiger partial charge in [0.1, 0.15) is 18.0 Å². The third kappa shape index (κ3) is 5.38. The average Bonchev–Trinajstić information content (AvgIpc) is 3.26. The molecule has 4 heterocycles. The van der Waals surface area contributed by atoms with Crippen LogP contribution in [0.3, 0.4) is 0 Å². The number of nitrogens with one attached hydrogen (secondary N) is 2. The van der Waals surface area contributed by atoms with Crippen molar-refractivity contribution in [1.82, 2.24) is 19.5 Å². The number of morpholine rings is 1. The van der Waals surface area contributed by atoms with Gasteiger partial charge in [0.05, 0.1) is 30.5 Å². The summed E-state index contributed by atoms with van der Waals surface area (Å²) in [7, 11) is 0. The third-order valence-corrected chi connectivity index (χ3v) is 5.58. The maximum absolute atomic E-state index is 13.2. The number of amides is 2. The van der Waals surface area contributed by atoms with Crippen LogP contribution in [0.2, 0.25) is 0 Å². The minimum Gasteiger partial charge on any atom is -0.378 e. The number of rotatable bonds is 5. The van der Waals surface area contributed by atoms with Crippen LogP contribution >= 0.6 is 0 Å². The molecule has 0 bridgehead atoms. The fourth-order valence-electron chi connectivity index (χ4n) is 3.95. The van der Waals surface area contributed by atoms with Crippen LogP contribution in [0.1, 0.15) is 0 Å². The first-order valence-electron chi connectivity index (χ1n) is 11.2. The number of aromatic nitrogens is 4. The SMILES string of the molecule is O=C(Nc1ccc(-c2nc(N3CCOCC3)c3ccn(CC(F)(F)F)c3n2)cc1)Nc1cccnc1. The summed E-state index contributed by atoms with van der Waals surface area (Å²) in [6.45, 7) is 1.01. The van der Waals surface area contributed by atoms with E-state index in [1.807, 2.05) is 4.90 Å². The zero-order valence-corrected chi connectivity index (χ0v) is 19.0. The van der Waals surface area contributed by atoms with Crippen molar-refractivity contribution in [2.75, 3.05) is 41.8 Å². The Labute approximate surface area is 203 Å². The number of halogens is 3. The molecule has 0 aliphatic carbocycles. The van der Waals surface area contributed by atoms with Gasteiger partial charge in [0.15, 0.2) is 5.82 Å². The number of fused-ring (bicyclic) bond motifs is 1. The first kappa shape index (κ1) is 23.5. The predicted octanol–water partition coefficient (Wildman–Crippen LogP) is 4.54. The first-order chi connectivity index (χ1) is 17.4. The molecule has 186 valence electrons. The van der Waals surface area contributed by atoms with Gasteiger partial charge in [-0.05, 0) is 42.5 Å². The zero-order chi connectivity index (χ0) is 25.1. The van der Waals surface area contributed by atoms with Crippen LogP contribution in [0.4, 0.5) is 35.2 Å². The Bertz CT molecular complexity index is 1350. The Morgan fingerprint density at radius 2 is 1.75 bits per heavy atom. The molecule has 0 spiro atoms. The van der Waals surface area contributed by atoms with Crippen molar-refractivity contribution in [2.45, 2.75) is 12.7 Å². The molecule has 0 atom stereocenters. The van der Waals surface area contributed by atoms with Crippen molar-refractivity contribution in [3.8, 4) is 11.4 Å². The lowest BCUT2D eigenvalue weighted by Crippen LogP contribution is -2.37. The number of alkyl halides is 3. The van der Waals surface area contributed by atoms with Crippen LogP contribution in [0.15, 0.2) is 61.1 Å². The van der Waals surface area contributed by atoms with Crippen molar-refractivity contribution >= 4 is 34.3 Å². The van der Waals surface area contributed by atoms with Crippen molar-refractivity contribution in [1.29, 1.82) is 0 Å². The number of benzene rings is 1. The average molecular weight is 497 g/mol. The fourth-order valence-corrected chi connectivity index (χ4v) is 3.95. The van der Waals surface area contributed by atoms with E-state index in [0.717, 1.165) is 4.57 Å². The van der Waals surface area contributed by atoms with E-state index in [2.05, 4.69) is 20.6 Å². The van der Waals surface area contributed by atoms with Crippen LogP contribution in [-0.2, 0) is 11.3 Å². The Kier molecular flexibility index (Phi) is 6.42. The molecule has 0 radical (unpaired) electrons. The summed E-state index contributed by atoms with van der Waals surface area (Å²) in [6.07, 6.45) is 0.122. The van der Waals surface area contributed by atoms with Crippen LogP contribution in [-0.4, -0.2) is 58.0 Å². The van der Waals surface area contributed by atoms with Crippen molar-refractivity contribution in [3.05, 3.63) is 61.1 Å². The summed E-state index contributed by atoms with van der Waals surface area (Å²) in [4.78, 5) is 27.4. The van der Waals surface area contributed by atoms with Crippen LogP contribution in [0.25, 0.3) is 22.4 Å². The highest BCUT2D eigenvalue weighted by Gasteiger charge is 2.29. The lowest BCUT2D eigenvalue weighted by atomic mass is 10.2. The number of urea groups is 1. The summed E-state index contributed by atoms with van der Waals surface area (Å²) in [5, 5.41) is 5.95. The zero-order valence-electron chi connectivity index (χ0n) is 19.0. The molecule has 1 aromatic carbocycles. The Balaban J connectivity index is 1.43. The lowest BCUT2D eigenvalue weighted by molar-refractivity contribution is -0.139. The molecule has 3 aromatic heterocycles. The van der Waals surface area contributed by atoms with Gasteiger partial charge in [0.2, 0.25) is 0 Å². The number of carbonyl (C=O) groups excluding carboxylic acids is 1. The molecule has 1 aliphatic heterocycles. The summed E-state index contributed by atoms with van der Waals surface area (Å²) < 4.78 is 46.0. The molecule has 1 fully saturated rings. The second-order valence-corrected chi connectivity index (χ2v) is 8.16. The second-order valence-electron chi connectivity index (χ2n) is 8.16. The Hall–Kier alpha value is -4.19. The number of ether oxygens (including phenoxy) is 1. The summed E-state index contributed by atoms with van der Waals surface area (Å²) in [5.41, 5.74) is 1.88. The van der Waals surface area contributed by atoms with E-state index < -0.39 is 18.8 Å². The lowest BCUT2D eigenvalue weighted by Gasteiger charge is -2.28. The smallest absolute Gasteiger partial charge is 0.378 e. The number of hydrogen-bond acceptors (Lipinski definition) is 6. The molecule has 0 saturated carbocycles. The van der Waals surface area contributed by atoms with E-state index in [4.69, 9.17) is 9.72 Å². The van der Waals surface area contributed by atoms with Crippen molar-refractivity contribution in [3.63, 3.8) is 0 Å². The van der Waals surface area contributed by atoms with Crippen LogP contribution < -0.4 is 15.5 Å². The van der Waals surface area contributed by atoms with Gasteiger partial charge in [-0.25, -0.2) is 14.8 Å². The minimum absolute atomic E-state index is 0.205. The molecule has 2 N–H and O–H groups in total. The van der Waals surface area contributed by atoms with Gasteiger partial charge in [0.25, 0.3) is 0 Å². The second kappa shape index (κ2) is 9.82. The molecular weight excluding hydrogens is 475 g/mol. The number of anilines is 3. The highest BCUT2D eigenvalue weighted by Crippen LogP contribution is 2.31. The van der Waals surface area contributed by atoms with Gasteiger partial charge in [-0.2, -0.15) is 13.2 Å². The summed E-state index contributed by atoms with van der Waals surface area (Å²) >= 11 is 0. The maximum atomic E-state index is 13.2. The van der Waals surface area contributed by atoms with Crippen LogP contribution in [0.5, 0.6) is 0 Å². The first-order valence-corrected chi connectivity index (χ1v) is 11.2. The number of carbonyl (C=O) groups is 1. The number of nitrogens with zero attached hydrogens (tertiary/aromatic N) is 5. The Morgan fingerprint density at radius 1 is 1.00 bits per heavy atom. The molecule has 5 rings (SSSR count). The van der Waals surface area contributed by atoms with Gasteiger partial charge in [-0.3, -0.25) is 4.98 Å². The quantitative estimate of drug-likeness (QED) is 0.420. The molecule has 0 unspecified atom stereocenters. The standard InChI is InChI=1S/C24H22F3N7O2/c25-24(26,27)15-34-9-7-19-21(33-10-12-36-13-11-33)31-20(32-22(19)34)16-3-5-17(6-4-16)29-23(35)30-18-2-1-8-28-14-18/h1-9,14H,10-13,15H2,(H2,29,30,35). The predicted molar refractivity (Wildman–Crippen MR) is 129 cm³/mol. The minimum atomic E-state index is -4.39. The number of hydrogen-bond donors (Lipinski definition) is 2. The van der Waals surface area contributed by atoms with E-state index in [1.54, 1.807) is 48.7 Å². The molecule has 1 aliphatic rings. The number of pyridine rings is 1. The molecular formula is C24H22F3N7O2. The van der Waals surface area contributed by atoms with E-state index >= 15 is 0 Å². The van der Waals surface area contributed by atoms with Gasteiger partial charge in [-0.15, -0.1) is 0 Å². The van der Waals surface area contributed by atoms with E-state index in [9.17, 15) is 18.0 Å². The van der Waals surface area contributed by atoms with Gasteiger partial charge < -0.3 is 24.8 Å².